The van der Waals surface area contributed by atoms with E-state index in [4.69, 9.17) is 15.3 Å². The quantitative estimate of drug-likeness (QED) is 0.665. The van der Waals surface area contributed by atoms with Crippen LogP contribution in [0.5, 0.6) is 11.5 Å². The molecule has 0 saturated carbocycles. The molecule has 6 nitrogen and oxygen atoms in total. The fourth-order valence-corrected chi connectivity index (χ4v) is 2.26. The monoisotopic (exact) mass is 280 g/mol. The molecule has 102 valence electrons. The molecule has 2 aromatic rings. The maximum Gasteiger partial charge on any atom is 0.210 e. The Morgan fingerprint density at radius 3 is 2.58 bits per heavy atom. The third-order valence-corrected chi connectivity index (χ3v) is 3.40. The van der Waals surface area contributed by atoms with E-state index in [-0.39, 0.29) is 0 Å². The minimum Gasteiger partial charge on any atom is -0.493 e. The van der Waals surface area contributed by atoms with Gasteiger partial charge in [-0.1, -0.05) is 18.7 Å². The summed E-state index contributed by atoms with van der Waals surface area (Å²) in [4.78, 5) is 0. The average Bonchev–Trinajstić information content (AvgIpc) is 2.80. The molecule has 1 aromatic heterocycles. The predicted molar refractivity (Wildman–Crippen MR) is 75.1 cm³/mol. The van der Waals surface area contributed by atoms with Crippen LogP contribution in [0.4, 0.5) is 0 Å². The molecule has 0 spiro atoms. The van der Waals surface area contributed by atoms with E-state index in [0.29, 0.717) is 22.5 Å². The largest absolute Gasteiger partial charge is 0.493 e. The summed E-state index contributed by atoms with van der Waals surface area (Å²) >= 11 is 1.54. The number of thioether (sulfide) groups is 1. The Hall–Kier alpha value is -1.89. The Morgan fingerprint density at radius 1 is 1.21 bits per heavy atom. The van der Waals surface area contributed by atoms with E-state index in [9.17, 15) is 0 Å². The number of nitrogen functional groups attached to an aromatic ring is 1. The Labute approximate surface area is 115 Å². The molecule has 0 fully saturated rings. The topological polar surface area (TPSA) is 75.2 Å². The number of benzene rings is 1. The molecule has 0 unspecified atom stereocenters. The predicted octanol–water partition coefficient (Wildman–Crippen LogP) is 1.79. The lowest BCUT2D eigenvalue weighted by Crippen LogP contribution is -2.11. The van der Waals surface area contributed by atoms with Gasteiger partial charge >= 0.3 is 0 Å². The second-order valence-electron chi connectivity index (χ2n) is 3.68. The molecule has 7 heteroatoms. The maximum absolute atomic E-state index is 5.98. The van der Waals surface area contributed by atoms with E-state index in [0.717, 1.165) is 11.3 Å². The van der Waals surface area contributed by atoms with Crippen molar-refractivity contribution in [1.29, 1.82) is 0 Å². The average molecular weight is 280 g/mol. The van der Waals surface area contributed by atoms with Gasteiger partial charge in [-0.2, -0.15) is 0 Å². The van der Waals surface area contributed by atoms with E-state index in [2.05, 4.69) is 10.2 Å². The van der Waals surface area contributed by atoms with Crippen molar-refractivity contribution < 1.29 is 9.47 Å². The lowest BCUT2D eigenvalue weighted by molar-refractivity contribution is 0.355. The summed E-state index contributed by atoms with van der Waals surface area (Å²) in [6, 6.07) is 5.51. The van der Waals surface area contributed by atoms with Crippen molar-refractivity contribution in [3.8, 4) is 22.9 Å². The standard InChI is InChI=1S/C12H16N4O2S/c1-4-19-12-15-14-11(16(12)13)8-5-6-9(17-2)10(7-8)18-3/h5-7H,4,13H2,1-3H3. The van der Waals surface area contributed by atoms with Gasteiger partial charge in [-0.25, -0.2) is 4.68 Å². The SMILES string of the molecule is CCSc1nnc(-c2ccc(OC)c(OC)c2)n1N. The number of nitrogens with two attached hydrogens (primary N) is 1. The first kappa shape index (κ1) is 13.5. The van der Waals surface area contributed by atoms with E-state index in [1.54, 1.807) is 26.0 Å². The van der Waals surface area contributed by atoms with Gasteiger partial charge in [0.05, 0.1) is 14.2 Å². The first-order valence-corrected chi connectivity index (χ1v) is 6.75. The van der Waals surface area contributed by atoms with E-state index in [1.807, 2.05) is 25.1 Å². The molecule has 2 N–H and O–H groups in total. The highest BCUT2D eigenvalue weighted by Gasteiger charge is 2.14. The molecule has 0 aliphatic heterocycles. The first-order chi connectivity index (χ1) is 9.21. The second-order valence-corrected chi connectivity index (χ2v) is 4.91. The van der Waals surface area contributed by atoms with Crippen LogP contribution in [0.15, 0.2) is 23.4 Å². The minimum absolute atomic E-state index is 0.594. The summed E-state index contributed by atoms with van der Waals surface area (Å²) in [7, 11) is 3.19. The molecule has 0 bridgehead atoms. The normalized spacial score (nSPS) is 10.5. The molecule has 19 heavy (non-hydrogen) atoms. The summed E-state index contributed by atoms with van der Waals surface area (Å²) in [5.74, 6) is 8.76. The molecule has 0 saturated heterocycles. The summed E-state index contributed by atoms with van der Waals surface area (Å²) in [5.41, 5.74) is 0.829. The lowest BCUT2D eigenvalue weighted by Gasteiger charge is -2.09. The van der Waals surface area contributed by atoms with Gasteiger partial charge in [-0.05, 0) is 24.0 Å². The molecule has 0 atom stereocenters. The van der Waals surface area contributed by atoms with E-state index < -0.39 is 0 Å². The van der Waals surface area contributed by atoms with Crippen LogP contribution in [0.25, 0.3) is 11.4 Å². The number of methoxy groups -OCH3 is 2. The third-order valence-electron chi connectivity index (χ3n) is 2.58. The highest BCUT2D eigenvalue weighted by Crippen LogP contribution is 2.31. The second kappa shape index (κ2) is 5.83. The smallest absolute Gasteiger partial charge is 0.210 e. The zero-order chi connectivity index (χ0) is 13.8. The van der Waals surface area contributed by atoms with Gasteiger partial charge in [0.1, 0.15) is 0 Å². The summed E-state index contributed by atoms with van der Waals surface area (Å²) in [5, 5.41) is 8.85. The number of nitrogens with zero attached hydrogens (tertiary/aromatic N) is 3. The van der Waals surface area contributed by atoms with Crippen molar-refractivity contribution in [2.45, 2.75) is 12.1 Å². The number of hydrogen-bond acceptors (Lipinski definition) is 6. The van der Waals surface area contributed by atoms with Gasteiger partial charge in [0.2, 0.25) is 5.16 Å². The molecular weight excluding hydrogens is 264 g/mol. The molecule has 0 radical (unpaired) electrons. The van der Waals surface area contributed by atoms with Crippen LogP contribution in [-0.4, -0.2) is 34.8 Å². The van der Waals surface area contributed by atoms with Gasteiger partial charge in [0.15, 0.2) is 17.3 Å². The van der Waals surface area contributed by atoms with Crippen molar-refractivity contribution in [2.24, 2.45) is 0 Å². The molecule has 1 heterocycles. The van der Waals surface area contributed by atoms with Crippen LogP contribution in [-0.2, 0) is 0 Å². The van der Waals surface area contributed by atoms with Crippen LogP contribution in [0.3, 0.4) is 0 Å². The molecule has 1 aromatic carbocycles. The number of ether oxygens (including phenoxy) is 2. The summed E-state index contributed by atoms with van der Waals surface area (Å²) in [6.45, 7) is 2.04. The van der Waals surface area contributed by atoms with Gasteiger partial charge in [0.25, 0.3) is 0 Å². The molecule has 0 aliphatic rings. The van der Waals surface area contributed by atoms with Crippen LogP contribution in [0, 0.1) is 0 Å². The van der Waals surface area contributed by atoms with Crippen molar-refractivity contribution in [3.05, 3.63) is 18.2 Å². The van der Waals surface area contributed by atoms with Crippen molar-refractivity contribution in [3.63, 3.8) is 0 Å². The van der Waals surface area contributed by atoms with Crippen LogP contribution >= 0.6 is 11.8 Å². The fraction of sp³-hybridized carbons (Fsp3) is 0.333. The molecule has 0 aliphatic carbocycles. The van der Waals surface area contributed by atoms with E-state index in [1.165, 1.54) is 4.68 Å². The minimum atomic E-state index is 0.594. The Morgan fingerprint density at radius 2 is 1.95 bits per heavy atom. The number of rotatable bonds is 5. The molecular formula is C12H16N4O2S. The van der Waals surface area contributed by atoms with Gasteiger partial charge in [-0.3, -0.25) is 0 Å². The zero-order valence-electron chi connectivity index (χ0n) is 11.1. The number of hydrogen-bond donors (Lipinski definition) is 1. The van der Waals surface area contributed by atoms with Crippen LogP contribution in [0.1, 0.15) is 6.92 Å². The van der Waals surface area contributed by atoms with Crippen LogP contribution < -0.4 is 15.3 Å². The van der Waals surface area contributed by atoms with Crippen molar-refractivity contribution in [2.75, 3.05) is 25.8 Å². The highest BCUT2D eigenvalue weighted by molar-refractivity contribution is 7.99. The van der Waals surface area contributed by atoms with Crippen LogP contribution in [0.2, 0.25) is 0 Å². The van der Waals surface area contributed by atoms with Gasteiger partial charge in [-0.15, -0.1) is 10.2 Å². The first-order valence-electron chi connectivity index (χ1n) is 5.77. The summed E-state index contributed by atoms with van der Waals surface area (Å²) in [6.07, 6.45) is 0. The van der Waals surface area contributed by atoms with Gasteiger partial charge < -0.3 is 15.3 Å². The Balaban J connectivity index is 2.41. The summed E-state index contributed by atoms with van der Waals surface area (Å²) < 4.78 is 11.9. The van der Waals surface area contributed by atoms with Gasteiger partial charge in [0, 0.05) is 5.56 Å². The molecule has 2 rings (SSSR count). The third kappa shape index (κ3) is 2.60. The van der Waals surface area contributed by atoms with Crippen molar-refractivity contribution >= 4 is 11.8 Å². The fourth-order valence-electron chi connectivity index (χ4n) is 1.68. The Bertz CT molecular complexity index is 571. The maximum atomic E-state index is 5.98. The lowest BCUT2D eigenvalue weighted by atomic mass is 10.2. The van der Waals surface area contributed by atoms with Crippen molar-refractivity contribution in [1.82, 2.24) is 14.9 Å². The number of aromatic nitrogens is 3. The molecule has 0 amide bonds. The highest BCUT2D eigenvalue weighted by atomic mass is 32.2. The van der Waals surface area contributed by atoms with E-state index >= 15 is 0 Å². The zero-order valence-corrected chi connectivity index (χ0v) is 11.9. The Kier molecular flexibility index (Phi) is 4.16.